The number of hydrogen-bond acceptors (Lipinski definition) is 5. The topological polar surface area (TPSA) is 58.9 Å². The zero-order valence-corrected chi connectivity index (χ0v) is 14.4. The van der Waals surface area contributed by atoms with Gasteiger partial charge in [0, 0.05) is 11.3 Å². The second kappa shape index (κ2) is 6.28. The first kappa shape index (κ1) is 17.4. The molecule has 1 aliphatic heterocycles. The molecule has 120 valence electrons. The van der Waals surface area contributed by atoms with Gasteiger partial charge in [0.25, 0.3) is 0 Å². The van der Waals surface area contributed by atoms with E-state index in [9.17, 15) is 10.2 Å². The van der Waals surface area contributed by atoms with Crippen molar-refractivity contribution in [1.29, 1.82) is 0 Å². The monoisotopic (exact) mass is 322 g/mol. The van der Waals surface area contributed by atoms with Crippen LogP contribution in [-0.4, -0.2) is 34.3 Å². The Bertz CT molecular complexity index is 568. The summed E-state index contributed by atoms with van der Waals surface area (Å²) < 4.78 is 12.1. The molecule has 2 rings (SSSR count). The molecule has 1 saturated heterocycles. The molecular formula is C16H23BO4S. The Balaban J connectivity index is 2.29. The van der Waals surface area contributed by atoms with Crippen LogP contribution in [-0.2, 0) is 15.9 Å². The molecule has 1 heterocycles. The molecule has 1 aromatic rings. The van der Waals surface area contributed by atoms with Crippen molar-refractivity contribution >= 4 is 25.8 Å². The van der Waals surface area contributed by atoms with Crippen LogP contribution >= 0.6 is 12.6 Å². The molecule has 0 spiro atoms. The van der Waals surface area contributed by atoms with Crippen molar-refractivity contribution in [2.45, 2.75) is 45.5 Å². The second-order valence-corrected chi connectivity index (χ2v) is 6.83. The second-order valence-electron chi connectivity index (χ2n) is 6.51. The quantitative estimate of drug-likeness (QED) is 0.589. The van der Waals surface area contributed by atoms with E-state index >= 15 is 0 Å². The van der Waals surface area contributed by atoms with Crippen LogP contribution in [0.4, 0.5) is 0 Å². The normalized spacial score (nSPS) is 20.5. The van der Waals surface area contributed by atoms with Crippen molar-refractivity contribution in [3.63, 3.8) is 0 Å². The number of aliphatic hydroxyl groups excluding tert-OH is 1. The first-order chi connectivity index (χ1) is 10.2. The summed E-state index contributed by atoms with van der Waals surface area (Å²) in [6, 6.07) is 5.09. The van der Waals surface area contributed by atoms with Crippen LogP contribution in [0.15, 0.2) is 23.7 Å². The molecule has 0 atom stereocenters. The predicted octanol–water partition coefficient (Wildman–Crippen LogP) is 2.83. The zero-order valence-electron chi connectivity index (χ0n) is 13.5. The standard InChI is InChI=1S/C16H23BO4S/c1-15(2)16(3,4)21-17(20-15)13(10-22)8-11-5-6-14(19)12(7-11)9-18/h5-8,18-19,22H,9-10H2,1-4H3. The summed E-state index contributed by atoms with van der Waals surface area (Å²) in [6.07, 6.45) is 1.92. The Morgan fingerprint density at radius 3 is 2.32 bits per heavy atom. The number of aliphatic hydroxyl groups is 1. The SMILES string of the molecule is CC1(C)OB(C(=Cc2ccc(O)c(CO)c2)CS)OC1(C)C. The van der Waals surface area contributed by atoms with Crippen molar-refractivity contribution in [2.75, 3.05) is 5.75 Å². The predicted molar refractivity (Wildman–Crippen MR) is 91.9 cm³/mol. The van der Waals surface area contributed by atoms with Gasteiger partial charge in [0.2, 0.25) is 0 Å². The Morgan fingerprint density at radius 2 is 1.82 bits per heavy atom. The molecule has 0 aromatic heterocycles. The molecule has 0 bridgehead atoms. The summed E-state index contributed by atoms with van der Waals surface area (Å²) in [6.45, 7) is 7.82. The summed E-state index contributed by atoms with van der Waals surface area (Å²) in [5, 5.41) is 18.9. The van der Waals surface area contributed by atoms with Gasteiger partial charge in [0.05, 0.1) is 17.8 Å². The molecular weight excluding hydrogens is 299 g/mol. The Morgan fingerprint density at radius 1 is 1.23 bits per heavy atom. The molecule has 4 nitrogen and oxygen atoms in total. The minimum absolute atomic E-state index is 0.0858. The maximum Gasteiger partial charge on any atom is 0.491 e. The lowest BCUT2D eigenvalue weighted by atomic mass is 9.78. The Labute approximate surface area is 137 Å². The average molecular weight is 322 g/mol. The fourth-order valence-corrected chi connectivity index (χ4v) is 2.46. The lowest BCUT2D eigenvalue weighted by Crippen LogP contribution is -2.41. The highest BCUT2D eigenvalue weighted by Crippen LogP contribution is 2.39. The van der Waals surface area contributed by atoms with E-state index in [2.05, 4.69) is 12.6 Å². The van der Waals surface area contributed by atoms with Crippen LogP contribution in [0.5, 0.6) is 5.75 Å². The largest absolute Gasteiger partial charge is 0.508 e. The highest BCUT2D eigenvalue weighted by molar-refractivity contribution is 7.80. The van der Waals surface area contributed by atoms with E-state index in [0.29, 0.717) is 11.3 Å². The molecule has 0 amide bonds. The van der Waals surface area contributed by atoms with E-state index in [1.807, 2.05) is 33.8 Å². The molecule has 2 N–H and O–H groups in total. The van der Waals surface area contributed by atoms with E-state index in [-0.39, 0.29) is 12.4 Å². The average Bonchev–Trinajstić information content (AvgIpc) is 2.66. The number of rotatable bonds is 4. The molecule has 6 heteroatoms. The van der Waals surface area contributed by atoms with Gasteiger partial charge in [0.1, 0.15) is 5.75 Å². The van der Waals surface area contributed by atoms with Crippen molar-refractivity contribution in [1.82, 2.24) is 0 Å². The first-order valence-electron chi connectivity index (χ1n) is 7.30. The molecule has 0 radical (unpaired) electrons. The van der Waals surface area contributed by atoms with Crippen LogP contribution in [0.3, 0.4) is 0 Å². The lowest BCUT2D eigenvalue weighted by molar-refractivity contribution is 0.00578. The maximum absolute atomic E-state index is 9.63. The summed E-state index contributed by atoms with van der Waals surface area (Å²) in [5.74, 6) is 0.578. The van der Waals surface area contributed by atoms with Gasteiger partial charge >= 0.3 is 7.12 Å². The van der Waals surface area contributed by atoms with Crippen LogP contribution in [0.25, 0.3) is 6.08 Å². The fraction of sp³-hybridized carbons (Fsp3) is 0.500. The fourth-order valence-electron chi connectivity index (χ4n) is 2.22. The van der Waals surface area contributed by atoms with Gasteiger partial charge in [-0.25, -0.2) is 0 Å². The van der Waals surface area contributed by atoms with E-state index in [1.54, 1.807) is 18.2 Å². The molecule has 1 fully saturated rings. The van der Waals surface area contributed by atoms with E-state index < -0.39 is 18.3 Å². The first-order valence-corrected chi connectivity index (χ1v) is 7.93. The Hall–Kier alpha value is -0.945. The van der Waals surface area contributed by atoms with Crippen LogP contribution in [0.1, 0.15) is 38.8 Å². The number of thiol groups is 1. The zero-order chi connectivity index (χ0) is 16.5. The number of hydrogen-bond donors (Lipinski definition) is 3. The van der Waals surface area contributed by atoms with Gasteiger partial charge in [-0.15, -0.1) is 0 Å². The number of phenols is 1. The van der Waals surface area contributed by atoms with Gasteiger partial charge in [-0.1, -0.05) is 12.1 Å². The third-order valence-corrected chi connectivity index (χ3v) is 4.73. The van der Waals surface area contributed by atoms with Crippen molar-refractivity contribution in [2.24, 2.45) is 0 Å². The molecule has 1 aliphatic rings. The van der Waals surface area contributed by atoms with Gasteiger partial charge in [-0.05, 0) is 50.9 Å². The van der Waals surface area contributed by atoms with Gasteiger partial charge in [0.15, 0.2) is 0 Å². The number of aromatic hydroxyl groups is 1. The van der Waals surface area contributed by atoms with Gasteiger partial charge in [-0.2, -0.15) is 12.6 Å². The molecule has 0 unspecified atom stereocenters. The van der Waals surface area contributed by atoms with Crippen molar-refractivity contribution < 1.29 is 19.5 Å². The lowest BCUT2D eigenvalue weighted by Gasteiger charge is -2.32. The van der Waals surface area contributed by atoms with E-state index in [1.165, 1.54) is 0 Å². The summed E-state index contributed by atoms with van der Waals surface area (Å²) in [4.78, 5) is 0. The minimum atomic E-state index is -0.450. The summed E-state index contributed by atoms with van der Waals surface area (Å²) in [7, 11) is -0.450. The molecule has 22 heavy (non-hydrogen) atoms. The van der Waals surface area contributed by atoms with Gasteiger partial charge in [-0.3, -0.25) is 0 Å². The van der Waals surface area contributed by atoms with E-state index in [4.69, 9.17) is 9.31 Å². The summed E-state index contributed by atoms with van der Waals surface area (Å²) >= 11 is 4.38. The highest BCUT2D eigenvalue weighted by Gasteiger charge is 2.52. The van der Waals surface area contributed by atoms with Crippen LogP contribution in [0.2, 0.25) is 0 Å². The minimum Gasteiger partial charge on any atom is -0.508 e. The van der Waals surface area contributed by atoms with E-state index in [0.717, 1.165) is 11.0 Å². The van der Waals surface area contributed by atoms with Gasteiger partial charge < -0.3 is 19.5 Å². The van der Waals surface area contributed by atoms with Crippen molar-refractivity contribution in [3.8, 4) is 5.75 Å². The van der Waals surface area contributed by atoms with Crippen molar-refractivity contribution in [3.05, 3.63) is 34.8 Å². The third kappa shape index (κ3) is 3.35. The highest BCUT2D eigenvalue weighted by atomic mass is 32.1. The maximum atomic E-state index is 9.63. The van der Waals surface area contributed by atoms with Crippen LogP contribution in [0, 0.1) is 0 Å². The number of benzene rings is 1. The Kier molecular flexibility index (Phi) is 4.97. The summed E-state index contributed by atoms with van der Waals surface area (Å²) in [5.41, 5.74) is 1.45. The molecule has 1 aromatic carbocycles. The third-order valence-electron chi connectivity index (χ3n) is 4.36. The smallest absolute Gasteiger partial charge is 0.491 e. The molecule has 0 saturated carbocycles. The molecule has 0 aliphatic carbocycles. The van der Waals surface area contributed by atoms with Crippen LogP contribution < -0.4 is 0 Å².